The fourth-order valence-electron chi connectivity index (χ4n) is 0.765. The maximum atomic E-state index is 5.89. The average molecular weight is 177 g/mol. The molecule has 0 spiro atoms. The lowest BCUT2D eigenvalue weighted by Crippen LogP contribution is -2.51. The van der Waals surface area contributed by atoms with E-state index in [1.54, 1.807) is 0 Å². The van der Waals surface area contributed by atoms with E-state index in [9.17, 15) is 0 Å². The lowest BCUT2D eigenvalue weighted by Gasteiger charge is -2.23. The van der Waals surface area contributed by atoms with Crippen LogP contribution in [-0.2, 0) is 8.85 Å². The number of nitrogens with two attached hydrogens (primary N) is 1. The van der Waals surface area contributed by atoms with Gasteiger partial charge in [-0.25, -0.2) is 0 Å². The molecule has 0 aliphatic rings. The van der Waals surface area contributed by atoms with Crippen LogP contribution in [0.2, 0.25) is 6.04 Å². The quantitative estimate of drug-likeness (QED) is 0.623. The molecular weight excluding hydrogens is 158 g/mol. The first-order chi connectivity index (χ1) is 5.18. The largest absolute Gasteiger partial charge is 0.422 e. The first-order valence-electron chi connectivity index (χ1n) is 4.25. The Morgan fingerprint density at radius 3 is 2.18 bits per heavy atom. The van der Waals surface area contributed by atoms with E-state index in [0.29, 0.717) is 6.61 Å². The predicted octanol–water partition coefficient (Wildman–Crippen LogP) is 1.37. The fourth-order valence-corrected chi connectivity index (χ4v) is 2.29. The molecule has 11 heavy (non-hydrogen) atoms. The number of hydrogen-bond donors (Lipinski definition) is 1. The van der Waals surface area contributed by atoms with Gasteiger partial charge in [-0.1, -0.05) is 13.8 Å². The van der Waals surface area contributed by atoms with Crippen LogP contribution in [-0.4, -0.2) is 21.9 Å². The van der Waals surface area contributed by atoms with Crippen LogP contribution >= 0.6 is 0 Å². The van der Waals surface area contributed by atoms with E-state index in [1.807, 2.05) is 13.8 Å². The van der Waals surface area contributed by atoms with Crippen molar-refractivity contribution in [2.24, 2.45) is 5.40 Å². The van der Waals surface area contributed by atoms with Gasteiger partial charge in [-0.2, -0.15) is 0 Å². The van der Waals surface area contributed by atoms with Gasteiger partial charge in [-0.3, -0.25) is 0 Å². The van der Waals surface area contributed by atoms with Crippen molar-refractivity contribution < 1.29 is 8.85 Å². The minimum absolute atomic E-state index is 0.653. The Hall–Kier alpha value is 0.0969. The SMILES string of the molecule is CCCO[Si](N)(CC)OCC. The van der Waals surface area contributed by atoms with Crippen LogP contribution in [0.4, 0.5) is 0 Å². The standard InChI is InChI=1S/C7H19NO2Si/c1-4-7-10-11(8,6-3)9-5-2/h4-8H2,1-3H3. The molecule has 0 amide bonds. The summed E-state index contributed by atoms with van der Waals surface area (Å²) >= 11 is 0. The Morgan fingerprint density at radius 2 is 1.82 bits per heavy atom. The molecular formula is C7H19NO2Si. The summed E-state index contributed by atoms with van der Waals surface area (Å²) in [4.78, 5) is 0. The van der Waals surface area contributed by atoms with Gasteiger partial charge in [-0.15, -0.1) is 0 Å². The summed E-state index contributed by atoms with van der Waals surface area (Å²) < 4.78 is 10.8. The molecule has 0 aromatic heterocycles. The third kappa shape index (κ3) is 4.52. The molecule has 0 saturated carbocycles. The van der Waals surface area contributed by atoms with E-state index in [1.165, 1.54) is 0 Å². The molecule has 0 saturated heterocycles. The van der Waals surface area contributed by atoms with Crippen LogP contribution in [0.15, 0.2) is 0 Å². The second-order valence-electron chi connectivity index (χ2n) is 2.45. The average Bonchev–Trinajstić information content (AvgIpc) is 2.02. The van der Waals surface area contributed by atoms with Gasteiger partial charge >= 0.3 is 8.72 Å². The molecule has 0 heterocycles. The molecule has 2 N–H and O–H groups in total. The van der Waals surface area contributed by atoms with Crippen molar-refractivity contribution in [3.8, 4) is 0 Å². The highest BCUT2D eigenvalue weighted by Crippen LogP contribution is 2.05. The van der Waals surface area contributed by atoms with Crippen molar-refractivity contribution in [3.05, 3.63) is 0 Å². The highest BCUT2D eigenvalue weighted by atomic mass is 28.4. The maximum absolute atomic E-state index is 5.89. The molecule has 68 valence electrons. The molecule has 0 aliphatic heterocycles. The first-order valence-corrected chi connectivity index (χ1v) is 6.35. The molecule has 0 aromatic rings. The van der Waals surface area contributed by atoms with Crippen LogP contribution in [0.25, 0.3) is 0 Å². The summed E-state index contributed by atoms with van der Waals surface area (Å²) in [7, 11) is -2.24. The highest BCUT2D eigenvalue weighted by Gasteiger charge is 2.30. The Balaban J connectivity index is 3.68. The summed E-state index contributed by atoms with van der Waals surface area (Å²) in [6.45, 7) is 7.39. The molecule has 1 unspecified atom stereocenters. The third-order valence-electron chi connectivity index (χ3n) is 1.43. The van der Waals surface area contributed by atoms with Crippen molar-refractivity contribution in [2.45, 2.75) is 33.2 Å². The molecule has 0 rings (SSSR count). The van der Waals surface area contributed by atoms with E-state index in [2.05, 4.69) is 6.92 Å². The second kappa shape index (κ2) is 5.71. The minimum Gasteiger partial charge on any atom is -0.383 e. The lowest BCUT2D eigenvalue weighted by molar-refractivity contribution is 0.176. The van der Waals surface area contributed by atoms with E-state index in [4.69, 9.17) is 14.3 Å². The topological polar surface area (TPSA) is 44.5 Å². The van der Waals surface area contributed by atoms with Gasteiger partial charge < -0.3 is 14.3 Å². The maximum Gasteiger partial charge on any atom is 0.422 e. The van der Waals surface area contributed by atoms with Gasteiger partial charge in [-0.05, 0) is 13.3 Å². The molecule has 0 radical (unpaired) electrons. The van der Waals surface area contributed by atoms with Gasteiger partial charge in [0.15, 0.2) is 0 Å². The molecule has 1 atom stereocenters. The van der Waals surface area contributed by atoms with Gasteiger partial charge in [0, 0.05) is 19.3 Å². The number of rotatable bonds is 6. The molecule has 0 bridgehead atoms. The van der Waals surface area contributed by atoms with Crippen LogP contribution in [0.5, 0.6) is 0 Å². The lowest BCUT2D eigenvalue weighted by atomic mass is 10.5. The van der Waals surface area contributed by atoms with E-state index in [-0.39, 0.29) is 0 Å². The van der Waals surface area contributed by atoms with Crippen LogP contribution in [0, 0.1) is 0 Å². The van der Waals surface area contributed by atoms with Gasteiger partial charge in [0.1, 0.15) is 0 Å². The van der Waals surface area contributed by atoms with Crippen LogP contribution in [0.3, 0.4) is 0 Å². The molecule has 3 nitrogen and oxygen atoms in total. The minimum atomic E-state index is -2.24. The second-order valence-corrected chi connectivity index (χ2v) is 5.35. The smallest absolute Gasteiger partial charge is 0.383 e. The summed E-state index contributed by atoms with van der Waals surface area (Å²) in [6, 6.07) is 0.820. The normalized spacial score (nSPS) is 16.4. The predicted molar refractivity (Wildman–Crippen MR) is 48.3 cm³/mol. The molecule has 0 fully saturated rings. The highest BCUT2D eigenvalue weighted by molar-refractivity contribution is 6.63. The Labute approximate surface area is 70.2 Å². The van der Waals surface area contributed by atoms with Crippen molar-refractivity contribution in [1.82, 2.24) is 0 Å². The van der Waals surface area contributed by atoms with Crippen LogP contribution in [0.1, 0.15) is 27.2 Å². The molecule has 0 aromatic carbocycles. The summed E-state index contributed by atoms with van der Waals surface area (Å²) in [5.74, 6) is 0. The molecule has 0 aliphatic carbocycles. The summed E-state index contributed by atoms with van der Waals surface area (Å²) in [5.41, 5.74) is 0. The van der Waals surface area contributed by atoms with Crippen molar-refractivity contribution in [1.29, 1.82) is 0 Å². The van der Waals surface area contributed by atoms with Crippen molar-refractivity contribution in [3.63, 3.8) is 0 Å². The fraction of sp³-hybridized carbons (Fsp3) is 1.00. The first kappa shape index (κ1) is 11.1. The summed E-state index contributed by atoms with van der Waals surface area (Å²) in [6.07, 6.45) is 0.999. The number of hydrogen-bond acceptors (Lipinski definition) is 3. The van der Waals surface area contributed by atoms with Crippen molar-refractivity contribution >= 4 is 8.72 Å². The van der Waals surface area contributed by atoms with E-state index < -0.39 is 8.72 Å². The zero-order valence-corrected chi connectivity index (χ0v) is 8.72. The van der Waals surface area contributed by atoms with E-state index >= 15 is 0 Å². The Morgan fingerprint density at radius 1 is 1.18 bits per heavy atom. The Bertz CT molecular complexity index is 102. The monoisotopic (exact) mass is 177 g/mol. The van der Waals surface area contributed by atoms with Crippen LogP contribution < -0.4 is 5.40 Å². The van der Waals surface area contributed by atoms with E-state index in [0.717, 1.165) is 19.1 Å². The zero-order valence-electron chi connectivity index (χ0n) is 7.72. The summed E-state index contributed by atoms with van der Waals surface area (Å²) in [5, 5.41) is 5.89. The van der Waals surface area contributed by atoms with Gasteiger partial charge in [0.25, 0.3) is 0 Å². The molecule has 4 heteroatoms. The van der Waals surface area contributed by atoms with Gasteiger partial charge in [0.2, 0.25) is 0 Å². The van der Waals surface area contributed by atoms with Gasteiger partial charge in [0.05, 0.1) is 0 Å². The van der Waals surface area contributed by atoms with Crippen molar-refractivity contribution in [2.75, 3.05) is 13.2 Å². The third-order valence-corrected chi connectivity index (χ3v) is 3.89. The Kier molecular flexibility index (Phi) is 5.76. The zero-order chi connectivity index (χ0) is 8.74.